The summed E-state index contributed by atoms with van der Waals surface area (Å²) in [6.45, 7) is 0.416. The van der Waals surface area contributed by atoms with Gasteiger partial charge in [-0.25, -0.2) is 0 Å². The molecule has 1 heterocycles. The Morgan fingerprint density at radius 3 is 1.71 bits per heavy atom. The molecule has 1 aliphatic heterocycles. The van der Waals surface area contributed by atoms with Crippen LogP contribution in [0.4, 0.5) is 0 Å². The molecule has 2 N–H and O–H groups in total. The van der Waals surface area contributed by atoms with Gasteiger partial charge in [-0.2, -0.15) is 0 Å². The molecule has 0 radical (unpaired) electrons. The van der Waals surface area contributed by atoms with Crippen LogP contribution in [-0.4, -0.2) is 49.4 Å². The number of aliphatic hydroxyl groups is 2. The third kappa shape index (κ3) is 3.81. The molecule has 31 heavy (non-hydrogen) atoms. The van der Waals surface area contributed by atoms with Gasteiger partial charge in [-0.3, -0.25) is 0 Å². The Labute approximate surface area is 182 Å². The maximum Gasteiger partial charge on any atom is 0.118 e. The molecule has 0 aliphatic carbocycles. The Morgan fingerprint density at radius 1 is 0.806 bits per heavy atom. The van der Waals surface area contributed by atoms with Crippen molar-refractivity contribution in [2.24, 2.45) is 0 Å². The zero-order valence-corrected chi connectivity index (χ0v) is 17.8. The van der Waals surface area contributed by atoms with E-state index in [1.807, 2.05) is 78.9 Å². The first-order chi connectivity index (χ1) is 15.1. The maximum atomic E-state index is 11.9. The van der Waals surface area contributed by atoms with E-state index in [-0.39, 0.29) is 0 Å². The SMILES string of the molecule is COc1ccc(C(c2ccccc2)(c2ccc(OC)cc2)C(O)[C@H]2OCC[C@@H]2O)cc1. The lowest BCUT2D eigenvalue weighted by molar-refractivity contribution is -0.0645. The van der Waals surface area contributed by atoms with Gasteiger partial charge in [0, 0.05) is 6.61 Å². The van der Waals surface area contributed by atoms with Crippen molar-refractivity contribution in [3.63, 3.8) is 0 Å². The average molecular weight is 421 g/mol. The second-order valence-electron chi connectivity index (χ2n) is 7.77. The van der Waals surface area contributed by atoms with Crippen LogP contribution in [0.15, 0.2) is 78.9 Å². The largest absolute Gasteiger partial charge is 0.497 e. The van der Waals surface area contributed by atoms with E-state index in [4.69, 9.17) is 14.2 Å². The molecule has 162 valence electrons. The van der Waals surface area contributed by atoms with Crippen molar-refractivity contribution in [1.82, 2.24) is 0 Å². The van der Waals surface area contributed by atoms with Crippen LogP contribution in [0.25, 0.3) is 0 Å². The van der Waals surface area contributed by atoms with Gasteiger partial charge in [0.05, 0.1) is 25.7 Å². The fraction of sp³-hybridized carbons (Fsp3) is 0.308. The molecule has 3 aromatic carbocycles. The molecule has 0 aromatic heterocycles. The van der Waals surface area contributed by atoms with Crippen LogP contribution in [0.3, 0.4) is 0 Å². The van der Waals surface area contributed by atoms with Crippen molar-refractivity contribution in [1.29, 1.82) is 0 Å². The minimum Gasteiger partial charge on any atom is -0.497 e. The van der Waals surface area contributed by atoms with Gasteiger partial charge in [-0.15, -0.1) is 0 Å². The Kier molecular flexibility index (Phi) is 6.28. The molecule has 0 bridgehead atoms. The minimum absolute atomic E-state index is 0.416. The van der Waals surface area contributed by atoms with Crippen molar-refractivity contribution < 1.29 is 24.4 Å². The van der Waals surface area contributed by atoms with Gasteiger partial charge in [0.2, 0.25) is 0 Å². The molecule has 4 rings (SSSR count). The van der Waals surface area contributed by atoms with Crippen molar-refractivity contribution in [3.05, 3.63) is 95.6 Å². The van der Waals surface area contributed by atoms with Crippen LogP contribution < -0.4 is 9.47 Å². The summed E-state index contributed by atoms with van der Waals surface area (Å²) in [5.41, 5.74) is 1.68. The molecule has 1 fully saturated rings. The van der Waals surface area contributed by atoms with E-state index >= 15 is 0 Å². The summed E-state index contributed by atoms with van der Waals surface area (Å²) in [7, 11) is 3.25. The third-order valence-electron chi connectivity index (χ3n) is 6.18. The smallest absolute Gasteiger partial charge is 0.118 e. The molecule has 1 unspecified atom stereocenters. The second-order valence-corrected chi connectivity index (χ2v) is 7.77. The number of hydrogen-bond acceptors (Lipinski definition) is 5. The second kappa shape index (κ2) is 9.10. The molecular formula is C26H28O5. The molecule has 0 spiro atoms. The molecule has 1 aliphatic rings. The fourth-order valence-corrected chi connectivity index (χ4v) is 4.57. The minimum atomic E-state index is -1.03. The predicted octanol–water partition coefficient (Wildman–Crippen LogP) is 3.55. The van der Waals surface area contributed by atoms with Crippen molar-refractivity contribution in [2.45, 2.75) is 30.1 Å². The summed E-state index contributed by atoms with van der Waals surface area (Å²) in [6, 6.07) is 25.2. The highest BCUT2D eigenvalue weighted by Gasteiger charge is 2.50. The number of ether oxygens (including phenoxy) is 3. The van der Waals surface area contributed by atoms with E-state index < -0.39 is 23.7 Å². The molecule has 3 aromatic rings. The van der Waals surface area contributed by atoms with E-state index in [9.17, 15) is 10.2 Å². The lowest BCUT2D eigenvalue weighted by Gasteiger charge is -2.42. The van der Waals surface area contributed by atoms with Crippen LogP contribution in [0.2, 0.25) is 0 Å². The number of rotatable bonds is 7. The number of methoxy groups -OCH3 is 2. The van der Waals surface area contributed by atoms with E-state index in [1.54, 1.807) is 14.2 Å². The standard InChI is InChI=1S/C26H28O5/c1-29-21-12-8-19(9-13-21)26(18-6-4-3-5-7-18,20-10-14-22(30-2)15-11-20)25(28)24-23(27)16-17-31-24/h3-15,23-25,27-28H,16-17H2,1-2H3/t23-,24-,25?/m0/s1. The van der Waals surface area contributed by atoms with Gasteiger partial charge >= 0.3 is 0 Å². The van der Waals surface area contributed by atoms with Crippen LogP contribution in [0.1, 0.15) is 23.1 Å². The highest BCUT2D eigenvalue weighted by atomic mass is 16.5. The number of aliphatic hydroxyl groups excluding tert-OH is 2. The lowest BCUT2D eigenvalue weighted by atomic mass is 9.64. The summed E-state index contributed by atoms with van der Waals surface area (Å²) in [4.78, 5) is 0. The Bertz CT molecular complexity index is 921. The van der Waals surface area contributed by atoms with E-state index in [0.29, 0.717) is 13.0 Å². The van der Waals surface area contributed by atoms with E-state index in [2.05, 4.69) is 0 Å². The molecule has 0 saturated carbocycles. The molecular weight excluding hydrogens is 392 g/mol. The normalized spacial score (nSPS) is 19.7. The third-order valence-corrected chi connectivity index (χ3v) is 6.18. The fourth-order valence-electron chi connectivity index (χ4n) is 4.57. The number of hydrogen-bond donors (Lipinski definition) is 2. The van der Waals surface area contributed by atoms with Crippen molar-refractivity contribution in [3.8, 4) is 11.5 Å². The quantitative estimate of drug-likeness (QED) is 0.572. The topological polar surface area (TPSA) is 68.2 Å². The Hall–Kier alpha value is -2.86. The van der Waals surface area contributed by atoms with Gasteiger partial charge in [0.25, 0.3) is 0 Å². The number of benzene rings is 3. The van der Waals surface area contributed by atoms with Crippen LogP contribution in [0, 0.1) is 0 Å². The zero-order chi connectivity index (χ0) is 21.8. The first-order valence-electron chi connectivity index (χ1n) is 10.4. The summed E-state index contributed by atoms with van der Waals surface area (Å²) in [5, 5.41) is 22.5. The van der Waals surface area contributed by atoms with Gasteiger partial charge in [-0.1, -0.05) is 54.6 Å². The van der Waals surface area contributed by atoms with Crippen molar-refractivity contribution in [2.75, 3.05) is 20.8 Å². The zero-order valence-electron chi connectivity index (χ0n) is 17.8. The monoisotopic (exact) mass is 420 g/mol. The first-order valence-corrected chi connectivity index (χ1v) is 10.4. The Morgan fingerprint density at radius 2 is 1.29 bits per heavy atom. The maximum absolute atomic E-state index is 11.9. The predicted molar refractivity (Wildman–Crippen MR) is 119 cm³/mol. The molecule has 5 heteroatoms. The van der Waals surface area contributed by atoms with Gasteiger partial charge in [0.1, 0.15) is 23.7 Å². The van der Waals surface area contributed by atoms with Gasteiger partial charge in [0.15, 0.2) is 0 Å². The van der Waals surface area contributed by atoms with Gasteiger partial charge in [-0.05, 0) is 47.4 Å². The Balaban J connectivity index is 1.99. The van der Waals surface area contributed by atoms with Crippen LogP contribution in [0.5, 0.6) is 11.5 Å². The summed E-state index contributed by atoms with van der Waals surface area (Å²) in [5.74, 6) is 1.46. The first kappa shape index (κ1) is 21.4. The van der Waals surface area contributed by atoms with Crippen LogP contribution in [-0.2, 0) is 10.2 Å². The van der Waals surface area contributed by atoms with Crippen LogP contribution >= 0.6 is 0 Å². The lowest BCUT2D eigenvalue weighted by Crippen LogP contribution is -2.51. The summed E-state index contributed by atoms with van der Waals surface area (Å²) >= 11 is 0. The van der Waals surface area contributed by atoms with Gasteiger partial charge < -0.3 is 24.4 Å². The van der Waals surface area contributed by atoms with Crippen molar-refractivity contribution >= 4 is 0 Å². The molecule has 0 amide bonds. The average Bonchev–Trinajstić information content (AvgIpc) is 3.26. The molecule has 3 atom stereocenters. The molecule has 1 saturated heterocycles. The van der Waals surface area contributed by atoms with E-state index in [0.717, 1.165) is 28.2 Å². The summed E-state index contributed by atoms with van der Waals surface area (Å²) in [6.07, 6.45) is -1.99. The highest BCUT2D eigenvalue weighted by Crippen LogP contribution is 2.45. The highest BCUT2D eigenvalue weighted by molar-refractivity contribution is 5.54. The summed E-state index contributed by atoms with van der Waals surface area (Å²) < 4.78 is 16.6. The van der Waals surface area contributed by atoms with E-state index in [1.165, 1.54) is 0 Å². The molecule has 5 nitrogen and oxygen atoms in total.